The second-order valence-electron chi connectivity index (χ2n) is 3.82. The Morgan fingerprint density at radius 1 is 1.50 bits per heavy atom. The number of ether oxygens (including phenoxy) is 1. The molecule has 2 heteroatoms. The van der Waals surface area contributed by atoms with Gasteiger partial charge in [-0.25, -0.2) is 0 Å². The second kappa shape index (κ2) is 4.01. The molecular formula is C12H17NO. The van der Waals surface area contributed by atoms with Crippen LogP contribution >= 0.6 is 0 Å². The Hall–Kier alpha value is -1.02. The standard InChI is InChI=1S/C12H17NO/c1-2-8-14-11-5-3-4-9-6-7-10(13)12(9)11/h3-5,10H,2,6-8,13H2,1H3/t10-/m1/s1. The molecule has 0 aliphatic heterocycles. The van der Waals surface area contributed by atoms with Crippen molar-refractivity contribution in [2.24, 2.45) is 5.73 Å². The van der Waals surface area contributed by atoms with E-state index < -0.39 is 0 Å². The normalized spacial score (nSPS) is 19.4. The van der Waals surface area contributed by atoms with Crippen molar-refractivity contribution in [2.75, 3.05) is 6.61 Å². The molecule has 0 amide bonds. The fourth-order valence-corrected chi connectivity index (χ4v) is 2.02. The molecule has 0 bridgehead atoms. The maximum atomic E-state index is 6.04. The van der Waals surface area contributed by atoms with Gasteiger partial charge in [-0.2, -0.15) is 0 Å². The molecule has 2 rings (SSSR count). The van der Waals surface area contributed by atoms with Gasteiger partial charge in [0.1, 0.15) is 5.75 Å². The van der Waals surface area contributed by atoms with Gasteiger partial charge >= 0.3 is 0 Å². The lowest BCUT2D eigenvalue weighted by molar-refractivity contribution is 0.313. The van der Waals surface area contributed by atoms with E-state index in [4.69, 9.17) is 10.5 Å². The molecular weight excluding hydrogens is 174 g/mol. The van der Waals surface area contributed by atoms with Crippen LogP contribution in [0.3, 0.4) is 0 Å². The molecule has 1 aliphatic rings. The molecule has 14 heavy (non-hydrogen) atoms. The zero-order valence-electron chi connectivity index (χ0n) is 8.62. The van der Waals surface area contributed by atoms with Crippen LogP contribution in [0.5, 0.6) is 5.75 Å². The summed E-state index contributed by atoms with van der Waals surface area (Å²) in [6.07, 6.45) is 3.20. The topological polar surface area (TPSA) is 35.2 Å². The van der Waals surface area contributed by atoms with Crippen LogP contribution in [0.4, 0.5) is 0 Å². The Kier molecular flexibility index (Phi) is 2.73. The van der Waals surface area contributed by atoms with Crippen LogP contribution in [0.15, 0.2) is 18.2 Å². The summed E-state index contributed by atoms with van der Waals surface area (Å²) in [6, 6.07) is 6.42. The van der Waals surface area contributed by atoms with Gasteiger partial charge in [0.25, 0.3) is 0 Å². The van der Waals surface area contributed by atoms with Gasteiger partial charge in [0.05, 0.1) is 6.61 Å². The van der Waals surface area contributed by atoms with Crippen LogP contribution in [0.1, 0.15) is 36.9 Å². The third-order valence-corrected chi connectivity index (χ3v) is 2.71. The lowest BCUT2D eigenvalue weighted by Gasteiger charge is -2.12. The molecule has 0 heterocycles. The highest BCUT2D eigenvalue weighted by atomic mass is 16.5. The van der Waals surface area contributed by atoms with E-state index in [1.54, 1.807) is 0 Å². The molecule has 0 fully saturated rings. The smallest absolute Gasteiger partial charge is 0.124 e. The zero-order chi connectivity index (χ0) is 9.97. The van der Waals surface area contributed by atoms with Gasteiger partial charge in [0, 0.05) is 11.6 Å². The van der Waals surface area contributed by atoms with E-state index in [1.165, 1.54) is 11.1 Å². The first-order chi connectivity index (χ1) is 6.83. The Morgan fingerprint density at radius 3 is 3.14 bits per heavy atom. The van der Waals surface area contributed by atoms with Crippen molar-refractivity contribution in [1.82, 2.24) is 0 Å². The average molecular weight is 191 g/mol. The molecule has 1 aromatic carbocycles. The van der Waals surface area contributed by atoms with E-state index in [2.05, 4.69) is 19.1 Å². The maximum absolute atomic E-state index is 6.04. The fourth-order valence-electron chi connectivity index (χ4n) is 2.02. The molecule has 1 aromatic rings. The van der Waals surface area contributed by atoms with Gasteiger partial charge in [0.2, 0.25) is 0 Å². The molecule has 0 radical (unpaired) electrons. The van der Waals surface area contributed by atoms with E-state index in [0.717, 1.165) is 31.6 Å². The number of nitrogens with two attached hydrogens (primary N) is 1. The predicted octanol–water partition coefficient (Wildman–Crippen LogP) is 2.42. The van der Waals surface area contributed by atoms with E-state index >= 15 is 0 Å². The van der Waals surface area contributed by atoms with Gasteiger partial charge < -0.3 is 10.5 Å². The van der Waals surface area contributed by atoms with E-state index in [1.807, 2.05) is 6.07 Å². The molecule has 1 aliphatic carbocycles. The molecule has 0 saturated heterocycles. The molecule has 0 saturated carbocycles. The van der Waals surface area contributed by atoms with Gasteiger partial charge in [-0.05, 0) is 30.9 Å². The third-order valence-electron chi connectivity index (χ3n) is 2.71. The number of aryl methyl sites for hydroxylation is 1. The minimum absolute atomic E-state index is 0.179. The summed E-state index contributed by atoms with van der Waals surface area (Å²) < 4.78 is 5.69. The predicted molar refractivity (Wildman–Crippen MR) is 57.5 cm³/mol. The van der Waals surface area contributed by atoms with E-state index in [9.17, 15) is 0 Å². The number of benzene rings is 1. The van der Waals surface area contributed by atoms with Crippen LogP contribution < -0.4 is 10.5 Å². The van der Waals surface area contributed by atoms with Crippen LogP contribution in [-0.2, 0) is 6.42 Å². The Balaban J connectivity index is 2.27. The minimum atomic E-state index is 0.179. The summed E-state index contributed by atoms with van der Waals surface area (Å²) >= 11 is 0. The first-order valence-corrected chi connectivity index (χ1v) is 5.33. The number of hydrogen-bond donors (Lipinski definition) is 1. The summed E-state index contributed by atoms with van der Waals surface area (Å²) in [5.74, 6) is 0.995. The summed E-state index contributed by atoms with van der Waals surface area (Å²) in [7, 11) is 0. The zero-order valence-corrected chi connectivity index (χ0v) is 8.62. The first kappa shape index (κ1) is 9.53. The van der Waals surface area contributed by atoms with Gasteiger partial charge in [-0.3, -0.25) is 0 Å². The molecule has 76 valence electrons. The largest absolute Gasteiger partial charge is 0.493 e. The lowest BCUT2D eigenvalue weighted by Crippen LogP contribution is -2.08. The quantitative estimate of drug-likeness (QED) is 0.796. The number of fused-ring (bicyclic) bond motifs is 1. The van der Waals surface area contributed by atoms with E-state index in [-0.39, 0.29) is 6.04 Å². The van der Waals surface area contributed by atoms with Crippen molar-refractivity contribution in [1.29, 1.82) is 0 Å². The minimum Gasteiger partial charge on any atom is -0.493 e. The van der Waals surface area contributed by atoms with Crippen molar-refractivity contribution < 1.29 is 4.74 Å². The van der Waals surface area contributed by atoms with Gasteiger partial charge in [0.15, 0.2) is 0 Å². The van der Waals surface area contributed by atoms with Crippen LogP contribution in [-0.4, -0.2) is 6.61 Å². The molecule has 0 spiro atoms. The molecule has 1 atom stereocenters. The lowest BCUT2D eigenvalue weighted by atomic mass is 10.1. The van der Waals surface area contributed by atoms with Gasteiger partial charge in [-0.15, -0.1) is 0 Å². The molecule has 0 aromatic heterocycles. The van der Waals surface area contributed by atoms with Crippen molar-refractivity contribution in [3.8, 4) is 5.75 Å². The monoisotopic (exact) mass is 191 g/mol. The number of hydrogen-bond acceptors (Lipinski definition) is 2. The summed E-state index contributed by atoms with van der Waals surface area (Å²) in [6.45, 7) is 2.90. The summed E-state index contributed by atoms with van der Waals surface area (Å²) in [5, 5.41) is 0. The van der Waals surface area contributed by atoms with E-state index in [0.29, 0.717) is 0 Å². The number of rotatable bonds is 3. The average Bonchev–Trinajstić information content (AvgIpc) is 2.58. The first-order valence-electron chi connectivity index (χ1n) is 5.33. The van der Waals surface area contributed by atoms with Crippen molar-refractivity contribution in [3.63, 3.8) is 0 Å². The Bertz CT molecular complexity index is 322. The van der Waals surface area contributed by atoms with Crippen molar-refractivity contribution >= 4 is 0 Å². The van der Waals surface area contributed by atoms with Crippen molar-refractivity contribution in [2.45, 2.75) is 32.2 Å². The third kappa shape index (κ3) is 1.62. The second-order valence-corrected chi connectivity index (χ2v) is 3.82. The fraction of sp³-hybridized carbons (Fsp3) is 0.500. The highest BCUT2D eigenvalue weighted by Gasteiger charge is 2.22. The molecule has 2 N–H and O–H groups in total. The van der Waals surface area contributed by atoms with Crippen LogP contribution in [0, 0.1) is 0 Å². The SMILES string of the molecule is CCCOc1cccc2c1[C@H](N)CC2. The highest BCUT2D eigenvalue weighted by molar-refractivity contribution is 5.45. The Morgan fingerprint density at radius 2 is 2.36 bits per heavy atom. The van der Waals surface area contributed by atoms with Gasteiger partial charge in [-0.1, -0.05) is 19.1 Å². The highest BCUT2D eigenvalue weighted by Crippen LogP contribution is 2.36. The van der Waals surface area contributed by atoms with Crippen molar-refractivity contribution in [3.05, 3.63) is 29.3 Å². The Labute approximate surface area is 85.1 Å². The van der Waals surface area contributed by atoms with Crippen LogP contribution in [0.25, 0.3) is 0 Å². The molecule has 0 unspecified atom stereocenters. The molecule has 2 nitrogen and oxygen atoms in total. The summed E-state index contributed by atoms with van der Waals surface area (Å²) in [4.78, 5) is 0. The maximum Gasteiger partial charge on any atom is 0.124 e. The van der Waals surface area contributed by atoms with Crippen LogP contribution in [0.2, 0.25) is 0 Å². The summed E-state index contributed by atoms with van der Waals surface area (Å²) in [5.41, 5.74) is 8.64.